The summed E-state index contributed by atoms with van der Waals surface area (Å²) < 4.78 is 43.3. The second-order valence-electron chi connectivity index (χ2n) is 15.8. The number of hydrogen-bond acceptors (Lipinski definition) is 3. The maximum atomic E-state index is 9.12. The fourth-order valence-electron chi connectivity index (χ4n) is 6.66. The van der Waals surface area contributed by atoms with Gasteiger partial charge in [0.1, 0.15) is 5.58 Å². The molecule has 8 aromatic rings. The van der Waals surface area contributed by atoms with E-state index in [-0.39, 0.29) is 26.3 Å². The number of fused-ring (bicyclic) bond motifs is 4. The number of furan rings is 1. The predicted octanol–water partition coefficient (Wildman–Crippen LogP) is 13.1. The Morgan fingerprint density at radius 1 is 0.796 bits per heavy atom. The van der Waals surface area contributed by atoms with Gasteiger partial charge in [0.15, 0.2) is 0 Å². The Morgan fingerprint density at radius 3 is 2.17 bits per heavy atom. The van der Waals surface area contributed by atoms with Crippen molar-refractivity contribution in [3.63, 3.8) is 0 Å². The van der Waals surface area contributed by atoms with E-state index in [0.717, 1.165) is 49.5 Å². The standard InChI is InChI=1S/C32H26NO.C17H22GeN.Ir/c1-32(2,3)19-24-17-29(33-20-28(24)21-10-5-4-6-11-21)26-15-9-14-25-27-16-22-12-7-8-13-23(22)18-30(27)34-31(25)26;1-13(2)15-11-17(14-9-7-6-8-10-14)19-12-16(15)18(3,4)5;/h4-14,16-18,20H,19H2,1-3H3;6-9,11-13H,1-5H3;/q2*-1;/i19D2,20D;13D;. The van der Waals surface area contributed by atoms with Crippen LogP contribution in [0.4, 0.5) is 0 Å². The van der Waals surface area contributed by atoms with Crippen molar-refractivity contribution in [1.82, 2.24) is 9.97 Å². The minimum atomic E-state index is -2.03. The summed E-state index contributed by atoms with van der Waals surface area (Å²) in [6.07, 6.45) is 0.298. The number of rotatable bonds is 6. The van der Waals surface area contributed by atoms with Crippen LogP contribution in [0.1, 0.15) is 57.1 Å². The van der Waals surface area contributed by atoms with Crippen molar-refractivity contribution in [2.24, 2.45) is 5.41 Å². The first-order chi connectivity index (χ1) is 26.8. The molecule has 5 aromatic carbocycles. The van der Waals surface area contributed by atoms with E-state index in [1.165, 1.54) is 4.40 Å². The summed E-state index contributed by atoms with van der Waals surface area (Å²) in [7, 11) is 0. The Morgan fingerprint density at radius 2 is 1.50 bits per heavy atom. The van der Waals surface area contributed by atoms with Crippen LogP contribution in [0, 0.1) is 17.5 Å². The molecule has 0 aliphatic carbocycles. The minimum absolute atomic E-state index is 0. The van der Waals surface area contributed by atoms with E-state index in [1.54, 1.807) is 6.07 Å². The van der Waals surface area contributed by atoms with Gasteiger partial charge in [-0.3, -0.25) is 0 Å². The zero-order valence-electron chi connectivity index (χ0n) is 36.2. The van der Waals surface area contributed by atoms with Crippen molar-refractivity contribution in [1.29, 1.82) is 0 Å². The van der Waals surface area contributed by atoms with Gasteiger partial charge in [-0.25, -0.2) is 0 Å². The molecule has 0 N–H and O–H groups in total. The van der Waals surface area contributed by atoms with Crippen LogP contribution in [0.3, 0.4) is 0 Å². The Bertz CT molecular complexity index is 2730. The van der Waals surface area contributed by atoms with Gasteiger partial charge in [-0.2, -0.15) is 0 Å². The van der Waals surface area contributed by atoms with E-state index >= 15 is 0 Å². The van der Waals surface area contributed by atoms with Crippen molar-refractivity contribution >= 4 is 50.4 Å². The van der Waals surface area contributed by atoms with Gasteiger partial charge < -0.3 is 9.40 Å². The molecule has 5 heteroatoms. The number of nitrogens with zero attached hydrogens (tertiary/aromatic N) is 2. The average molecular weight is 950 g/mol. The fourth-order valence-corrected chi connectivity index (χ4v) is 9.98. The number of pyridine rings is 2. The topological polar surface area (TPSA) is 38.9 Å². The molecule has 0 spiro atoms. The Balaban J connectivity index is 0.000000230. The SMILES string of the molecule is [2H]C(C)(C)c1cc(-c2[c-]cccc2)nc[c]1[Ge]([CH3])([CH3])[CH3].[2H]c1nc(-c2[c-]ccc3c2oc2cc4ccccc4cc23)cc(C([2H])([2H])C(C)(C)C)c1-c1ccccc1.[Ir]. The maximum absolute atomic E-state index is 9.12. The number of benzene rings is 5. The number of hydrogen-bond donors (Lipinski definition) is 0. The molecule has 1 radical (unpaired) electrons. The van der Waals surface area contributed by atoms with Crippen LogP contribution in [0.15, 0.2) is 132 Å². The van der Waals surface area contributed by atoms with Gasteiger partial charge in [0.25, 0.3) is 0 Å². The largest absolute Gasteiger partial charge is 0.501 e. The van der Waals surface area contributed by atoms with E-state index in [2.05, 4.69) is 63.6 Å². The van der Waals surface area contributed by atoms with Crippen molar-refractivity contribution in [2.75, 3.05) is 0 Å². The van der Waals surface area contributed by atoms with Crippen LogP contribution in [0.2, 0.25) is 17.3 Å². The van der Waals surface area contributed by atoms with Crippen molar-refractivity contribution in [3.8, 4) is 33.6 Å². The normalized spacial score (nSPS) is 13.3. The molecule has 0 atom stereocenters. The summed E-state index contributed by atoms with van der Waals surface area (Å²) in [6, 6.07) is 43.9. The Hall–Kier alpha value is -4.35. The van der Waals surface area contributed by atoms with Crippen LogP contribution in [-0.4, -0.2) is 23.2 Å². The molecule has 0 saturated carbocycles. The van der Waals surface area contributed by atoms with E-state index < -0.39 is 30.9 Å². The van der Waals surface area contributed by atoms with Crippen LogP contribution in [0.25, 0.3) is 66.4 Å². The monoisotopic (exact) mass is 951 g/mol. The third kappa shape index (κ3) is 8.63. The molecule has 3 aromatic heterocycles. The minimum Gasteiger partial charge on any atom is -0.501 e. The molecule has 3 nitrogen and oxygen atoms in total. The van der Waals surface area contributed by atoms with Crippen LogP contribution >= 0.6 is 0 Å². The molecule has 275 valence electrons. The Labute approximate surface area is 342 Å². The molecule has 8 rings (SSSR count). The first-order valence-electron chi connectivity index (χ1n) is 20.2. The smallest absolute Gasteiger partial charge is 0.121 e. The van der Waals surface area contributed by atoms with Crippen LogP contribution < -0.4 is 4.40 Å². The van der Waals surface area contributed by atoms with Crippen molar-refractivity contribution in [2.45, 2.75) is 64.2 Å². The van der Waals surface area contributed by atoms with Gasteiger partial charge >= 0.3 is 120 Å². The van der Waals surface area contributed by atoms with Gasteiger partial charge in [0.05, 0.1) is 6.95 Å². The zero-order valence-corrected chi connectivity index (χ0v) is 36.7. The third-order valence-corrected chi connectivity index (χ3v) is 13.4. The second-order valence-corrected chi connectivity index (χ2v) is 26.4. The van der Waals surface area contributed by atoms with Gasteiger partial charge in [0, 0.05) is 40.0 Å². The van der Waals surface area contributed by atoms with Gasteiger partial charge in [-0.05, 0) is 51.5 Å². The summed E-state index contributed by atoms with van der Waals surface area (Å²) in [6.45, 7) is 9.55. The fraction of sp³-hybridized carbons (Fsp3) is 0.224. The average Bonchev–Trinajstić information content (AvgIpc) is 3.53. The first-order valence-corrected chi connectivity index (χ1v) is 25.5. The summed E-state index contributed by atoms with van der Waals surface area (Å²) in [4.78, 5) is 9.28. The molecule has 0 fully saturated rings. The van der Waals surface area contributed by atoms with Crippen molar-refractivity contribution in [3.05, 3.63) is 151 Å². The molecule has 0 unspecified atom stereocenters. The molecule has 0 bridgehead atoms. The number of aromatic nitrogens is 2. The summed E-state index contributed by atoms with van der Waals surface area (Å²) >= 11 is -2.03. The van der Waals surface area contributed by atoms with Crippen LogP contribution in [0.5, 0.6) is 0 Å². The molecular formula is C49H48GeIrN2O-2. The van der Waals surface area contributed by atoms with Gasteiger partial charge in [-0.15, -0.1) is 18.2 Å². The van der Waals surface area contributed by atoms with Crippen molar-refractivity contribution < 1.29 is 30.0 Å². The van der Waals surface area contributed by atoms with E-state index in [9.17, 15) is 0 Å². The van der Waals surface area contributed by atoms with E-state index in [0.29, 0.717) is 28.0 Å². The summed E-state index contributed by atoms with van der Waals surface area (Å²) in [5.74, 6) is 6.45. The third-order valence-electron chi connectivity index (χ3n) is 9.20. The zero-order chi connectivity index (χ0) is 40.9. The first kappa shape index (κ1) is 34.2. The van der Waals surface area contributed by atoms with Crippen LogP contribution in [-0.2, 0) is 26.5 Å². The van der Waals surface area contributed by atoms with Gasteiger partial charge in [-0.1, -0.05) is 92.4 Å². The van der Waals surface area contributed by atoms with E-state index in [1.807, 2.05) is 126 Å². The second kappa shape index (κ2) is 16.2. The molecule has 3 heterocycles. The summed E-state index contributed by atoms with van der Waals surface area (Å²) in [5, 5.41) is 4.17. The molecule has 0 aliphatic heterocycles. The molecular weight excluding hydrogens is 897 g/mol. The predicted molar refractivity (Wildman–Crippen MR) is 227 cm³/mol. The molecule has 0 amide bonds. The van der Waals surface area contributed by atoms with E-state index in [4.69, 9.17) is 9.90 Å². The van der Waals surface area contributed by atoms with Gasteiger partial charge in [0.2, 0.25) is 0 Å². The summed E-state index contributed by atoms with van der Waals surface area (Å²) in [5.41, 5.74) is 6.53. The Kier molecular flexibility index (Phi) is 10.2. The molecule has 0 saturated heterocycles. The quantitative estimate of drug-likeness (QED) is 0.123. The maximum Gasteiger partial charge on any atom is 0.121 e. The molecule has 54 heavy (non-hydrogen) atoms. The molecule has 0 aliphatic rings.